The van der Waals surface area contributed by atoms with Crippen molar-refractivity contribution in [3.8, 4) is 11.5 Å². The Labute approximate surface area is 107 Å². The molecule has 0 saturated heterocycles. The molecule has 3 N–H and O–H groups in total. The van der Waals surface area contributed by atoms with Crippen LogP contribution in [0.25, 0.3) is 0 Å². The molecule has 1 aromatic carbocycles. The summed E-state index contributed by atoms with van der Waals surface area (Å²) in [5.74, 6) is 1.44. The summed E-state index contributed by atoms with van der Waals surface area (Å²) in [6, 6.07) is 5.82. The Kier molecular flexibility index (Phi) is 6.49. The third-order valence-corrected chi connectivity index (χ3v) is 2.62. The monoisotopic (exact) mass is 255 g/mol. The molecule has 1 aromatic rings. The summed E-state index contributed by atoms with van der Waals surface area (Å²) < 4.78 is 10.4. The second-order valence-corrected chi connectivity index (χ2v) is 3.96. The molecular formula is C13H21NO4. The van der Waals surface area contributed by atoms with E-state index in [0.29, 0.717) is 13.0 Å². The topological polar surface area (TPSA) is 71.0 Å². The van der Waals surface area contributed by atoms with Crippen molar-refractivity contribution in [2.24, 2.45) is 0 Å². The predicted octanol–water partition coefficient (Wildman–Crippen LogP) is 0.537. The van der Waals surface area contributed by atoms with Crippen molar-refractivity contribution in [3.63, 3.8) is 0 Å². The van der Waals surface area contributed by atoms with Gasteiger partial charge in [-0.3, -0.25) is 0 Å². The Morgan fingerprint density at radius 1 is 1.11 bits per heavy atom. The van der Waals surface area contributed by atoms with Crippen LogP contribution in [0.4, 0.5) is 0 Å². The maximum Gasteiger partial charge on any atom is 0.160 e. The van der Waals surface area contributed by atoms with Gasteiger partial charge in [0.05, 0.1) is 14.2 Å². The van der Waals surface area contributed by atoms with Crippen molar-refractivity contribution in [3.05, 3.63) is 23.8 Å². The second kappa shape index (κ2) is 7.92. The van der Waals surface area contributed by atoms with Gasteiger partial charge < -0.3 is 25.0 Å². The van der Waals surface area contributed by atoms with E-state index in [0.717, 1.165) is 30.0 Å². The quantitative estimate of drug-likeness (QED) is 0.467. The third-order valence-electron chi connectivity index (χ3n) is 2.62. The van der Waals surface area contributed by atoms with Crippen LogP contribution in [0.1, 0.15) is 12.0 Å². The summed E-state index contributed by atoms with van der Waals surface area (Å²) >= 11 is 0. The lowest BCUT2D eigenvalue weighted by molar-refractivity contribution is -0.0443. The molecular weight excluding hydrogens is 234 g/mol. The Morgan fingerprint density at radius 2 is 1.83 bits per heavy atom. The fourth-order valence-corrected chi connectivity index (χ4v) is 1.63. The molecule has 1 rings (SSSR count). The molecule has 5 nitrogen and oxygen atoms in total. The Balaban J connectivity index is 2.38. The Morgan fingerprint density at radius 3 is 2.44 bits per heavy atom. The van der Waals surface area contributed by atoms with Crippen molar-refractivity contribution in [1.82, 2.24) is 5.32 Å². The highest BCUT2D eigenvalue weighted by Gasteiger charge is 2.04. The zero-order valence-electron chi connectivity index (χ0n) is 10.8. The first-order valence-electron chi connectivity index (χ1n) is 5.95. The average Bonchev–Trinajstić information content (AvgIpc) is 2.37. The van der Waals surface area contributed by atoms with Gasteiger partial charge in [-0.15, -0.1) is 0 Å². The molecule has 0 aliphatic carbocycles. The first-order valence-corrected chi connectivity index (χ1v) is 5.95. The number of methoxy groups -OCH3 is 2. The molecule has 0 unspecified atom stereocenters. The zero-order chi connectivity index (χ0) is 13.4. The van der Waals surface area contributed by atoms with Crippen molar-refractivity contribution in [2.45, 2.75) is 19.1 Å². The maximum absolute atomic E-state index is 8.68. The zero-order valence-corrected chi connectivity index (χ0v) is 10.8. The third kappa shape index (κ3) is 4.91. The molecule has 0 spiro atoms. The molecule has 0 radical (unpaired) electrons. The van der Waals surface area contributed by atoms with E-state index in [1.54, 1.807) is 14.2 Å². The van der Waals surface area contributed by atoms with E-state index in [1.807, 2.05) is 18.2 Å². The molecule has 0 aromatic heterocycles. The molecule has 0 saturated carbocycles. The van der Waals surface area contributed by atoms with E-state index in [9.17, 15) is 0 Å². The van der Waals surface area contributed by atoms with E-state index >= 15 is 0 Å². The highest BCUT2D eigenvalue weighted by Crippen LogP contribution is 2.27. The van der Waals surface area contributed by atoms with Gasteiger partial charge in [-0.1, -0.05) is 6.07 Å². The molecule has 0 amide bonds. The van der Waals surface area contributed by atoms with Gasteiger partial charge in [0.25, 0.3) is 0 Å². The predicted molar refractivity (Wildman–Crippen MR) is 69.0 cm³/mol. The van der Waals surface area contributed by atoms with Gasteiger partial charge in [0, 0.05) is 6.42 Å². The van der Waals surface area contributed by atoms with Crippen LogP contribution in [0, 0.1) is 0 Å². The fraction of sp³-hybridized carbons (Fsp3) is 0.538. The van der Waals surface area contributed by atoms with E-state index in [2.05, 4.69) is 5.32 Å². The summed E-state index contributed by atoms with van der Waals surface area (Å²) in [5, 5.41) is 20.5. The van der Waals surface area contributed by atoms with Gasteiger partial charge in [0.2, 0.25) is 0 Å². The van der Waals surface area contributed by atoms with Crippen LogP contribution >= 0.6 is 0 Å². The SMILES string of the molecule is COc1ccc(CCNCCC(O)O)cc1OC. The second-order valence-electron chi connectivity index (χ2n) is 3.96. The van der Waals surface area contributed by atoms with Gasteiger partial charge >= 0.3 is 0 Å². The standard InChI is InChI=1S/C13H21NO4/c1-17-11-4-3-10(9-12(11)18-2)5-7-14-8-6-13(15)16/h3-4,9,13-16H,5-8H2,1-2H3. The Bertz CT molecular complexity index is 355. The van der Waals surface area contributed by atoms with E-state index < -0.39 is 6.29 Å². The van der Waals surface area contributed by atoms with Gasteiger partial charge in [-0.25, -0.2) is 0 Å². The minimum Gasteiger partial charge on any atom is -0.493 e. The van der Waals surface area contributed by atoms with Crippen LogP contribution in [-0.4, -0.2) is 43.8 Å². The minimum absolute atomic E-state index is 0.339. The number of aliphatic hydroxyl groups is 2. The summed E-state index contributed by atoms with van der Waals surface area (Å²) in [6.45, 7) is 1.37. The van der Waals surface area contributed by atoms with Gasteiger partial charge in [-0.05, 0) is 37.2 Å². The number of benzene rings is 1. The fourth-order valence-electron chi connectivity index (χ4n) is 1.63. The minimum atomic E-state index is -1.24. The van der Waals surface area contributed by atoms with Crippen LogP contribution in [0.5, 0.6) is 11.5 Å². The van der Waals surface area contributed by atoms with Crippen LogP contribution in [0.2, 0.25) is 0 Å². The first-order chi connectivity index (χ1) is 8.67. The van der Waals surface area contributed by atoms with Crippen molar-refractivity contribution in [1.29, 1.82) is 0 Å². The number of ether oxygens (including phenoxy) is 2. The lowest BCUT2D eigenvalue weighted by Crippen LogP contribution is -2.22. The Hall–Kier alpha value is -1.30. The average molecular weight is 255 g/mol. The van der Waals surface area contributed by atoms with Crippen LogP contribution in [0.3, 0.4) is 0 Å². The van der Waals surface area contributed by atoms with Crippen molar-refractivity contribution in [2.75, 3.05) is 27.3 Å². The van der Waals surface area contributed by atoms with Crippen LogP contribution in [0.15, 0.2) is 18.2 Å². The highest BCUT2D eigenvalue weighted by molar-refractivity contribution is 5.42. The number of aliphatic hydroxyl groups excluding tert-OH is 1. The molecule has 0 bridgehead atoms. The number of hydrogen-bond acceptors (Lipinski definition) is 5. The molecule has 102 valence electrons. The van der Waals surface area contributed by atoms with Gasteiger partial charge in [0.1, 0.15) is 0 Å². The summed E-state index contributed by atoms with van der Waals surface area (Å²) in [6.07, 6.45) is -0.0491. The number of nitrogens with one attached hydrogen (secondary N) is 1. The number of rotatable bonds is 8. The van der Waals surface area contributed by atoms with Gasteiger partial charge in [0.15, 0.2) is 17.8 Å². The normalized spacial score (nSPS) is 10.7. The number of hydrogen-bond donors (Lipinski definition) is 3. The molecule has 0 atom stereocenters. The van der Waals surface area contributed by atoms with Crippen LogP contribution < -0.4 is 14.8 Å². The molecule has 0 aliphatic rings. The molecule has 5 heteroatoms. The summed E-state index contributed by atoms with van der Waals surface area (Å²) in [5.41, 5.74) is 1.14. The lowest BCUT2D eigenvalue weighted by Gasteiger charge is -2.10. The summed E-state index contributed by atoms with van der Waals surface area (Å²) in [7, 11) is 3.22. The first kappa shape index (κ1) is 14.8. The highest BCUT2D eigenvalue weighted by atomic mass is 16.5. The summed E-state index contributed by atoms with van der Waals surface area (Å²) in [4.78, 5) is 0. The largest absolute Gasteiger partial charge is 0.493 e. The van der Waals surface area contributed by atoms with E-state index in [-0.39, 0.29) is 0 Å². The van der Waals surface area contributed by atoms with Crippen molar-refractivity contribution >= 4 is 0 Å². The van der Waals surface area contributed by atoms with Gasteiger partial charge in [-0.2, -0.15) is 0 Å². The van der Waals surface area contributed by atoms with E-state index in [4.69, 9.17) is 19.7 Å². The van der Waals surface area contributed by atoms with Crippen molar-refractivity contribution < 1.29 is 19.7 Å². The smallest absolute Gasteiger partial charge is 0.160 e. The molecule has 0 aliphatic heterocycles. The lowest BCUT2D eigenvalue weighted by atomic mass is 10.1. The molecule has 0 heterocycles. The van der Waals surface area contributed by atoms with E-state index in [1.165, 1.54) is 0 Å². The maximum atomic E-state index is 8.68. The molecule has 18 heavy (non-hydrogen) atoms. The van der Waals surface area contributed by atoms with Crippen LogP contribution in [-0.2, 0) is 6.42 Å². The molecule has 0 fully saturated rings.